The smallest absolute Gasteiger partial charge is 0.335 e. The number of carboxylic acids is 1. The van der Waals surface area contributed by atoms with Crippen molar-refractivity contribution >= 4 is 16.0 Å². The maximum absolute atomic E-state index is 13.0. The molecular weight excluding hydrogens is 316 g/mol. The van der Waals surface area contributed by atoms with Crippen molar-refractivity contribution in [2.45, 2.75) is 37.1 Å². The molecule has 1 aromatic rings. The topological polar surface area (TPSA) is 77.9 Å². The molecule has 0 amide bonds. The van der Waals surface area contributed by atoms with Crippen LogP contribution in [0, 0.1) is 0 Å². The third-order valence-corrected chi connectivity index (χ3v) is 6.46. The van der Waals surface area contributed by atoms with Crippen LogP contribution in [-0.2, 0) is 16.4 Å². The Morgan fingerprint density at radius 3 is 2.70 bits per heavy atom. The van der Waals surface area contributed by atoms with E-state index < -0.39 is 16.0 Å². The summed E-state index contributed by atoms with van der Waals surface area (Å²) < 4.78 is 27.4. The molecule has 2 rings (SSSR count). The van der Waals surface area contributed by atoms with Crippen molar-refractivity contribution in [1.82, 2.24) is 9.21 Å². The number of hydrogen-bond acceptors (Lipinski definition) is 4. The molecule has 1 saturated heterocycles. The van der Waals surface area contributed by atoms with Gasteiger partial charge in [-0.1, -0.05) is 13.0 Å². The number of carbonyl (C=O) groups is 1. The Kier molecular flexibility index (Phi) is 5.44. The minimum absolute atomic E-state index is 0.00469. The lowest BCUT2D eigenvalue weighted by atomic mass is 10.1. The first-order chi connectivity index (χ1) is 10.8. The van der Waals surface area contributed by atoms with Crippen LogP contribution in [0.1, 0.15) is 35.7 Å². The quantitative estimate of drug-likeness (QED) is 0.882. The predicted molar refractivity (Wildman–Crippen MR) is 88.2 cm³/mol. The first kappa shape index (κ1) is 17.9. The van der Waals surface area contributed by atoms with Gasteiger partial charge in [0.15, 0.2) is 0 Å². The van der Waals surface area contributed by atoms with Crippen molar-refractivity contribution in [1.29, 1.82) is 0 Å². The Balaban J connectivity index is 2.41. The van der Waals surface area contributed by atoms with Gasteiger partial charge in [-0.2, -0.15) is 4.31 Å². The first-order valence-corrected chi connectivity index (χ1v) is 9.24. The standard InChI is InChI=1S/C16H24N2O4S/c1-4-12-7-8-13(16(19)20)10-15(12)23(21,22)18(3)14-6-5-9-17(2)11-14/h7-8,10,14H,4-6,9,11H2,1-3H3,(H,19,20). The Morgan fingerprint density at radius 2 is 2.13 bits per heavy atom. The van der Waals surface area contributed by atoms with E-state index in [0.717, 1.165) is 19.4 Å². The maximum Gasteiger partial charge on any atom is 0.335 e. The van der Waals surface area contributed by atoms with E-state index in [4.69, 9.17) is 5.11 Å². The average molecular weight is 340 g/mol. The molecule has 7 heteroatoms. The fourth-order valence-electron chi connectivity index (χ4n) is 3.01. The number of likely N-dealkylation sites (tertiary alicyclic amines) is 1. The summed E-state index contributed by atoms with van der Waals surface area (Å²) in [6, 6.07) is 4.24. The molecule has 23 heavy (non-hydrogen) atoms. The molecule has 1 unspecified atom stereocenters. The molecule has 1 aromatic carbocycles. The second kappa shape index (κ2) is 6.98. The van der Waals surface area contributed by atoms with Crippen LogP contribution in [0.15, 0.2) is 23.1 Å². The number of piperidine rings is 1. The van der Waals surface area contributed by atoms with Crippen LogP contribution in [0.3, 0.4) is 0 Å². The van der Waals surface area contributed by atoms with Gasteiger partial charge in [-0.15, -0.1) is 0 Å². The highest BCUT2D eigenvalue weighted by Gasteiger charge is 2.32. The number of sulfonamides is 1. The molecular formula is C16H24N2O4S. The van der Waals surface area contributed by atoms with Crippen LogP contribution in [0.4, 0.5) is 0 Å². The van der Waals surface area contributed by atoms with Gasteiger partial charge in [0.25, 0.3) is 0 Å². The number of likely N-dealkylation sites (N-methyl/N-ethyl adjacent to an activating group) is 2. The molecule has 0 saturated carbocycles. The highest BCUT2D eigenvalue weighted by molar-refractivity contribution is 7.89. The van der Waals surface area contributed by atoms with Crippen molar-refractivity contribution in [3.8, 4) is 0 Å². The first-order valence-electron chi connectivity index (χ1n) is 7.80. The minimum atomic E-state index is -3.72. The highest BCUT2D eigenvalue weighted by atomic mass is 32.2. The summed E-state index contributed by atoms with van der Waals surface area (Å²) in [6.45, 7) is 3.53. The van der Waals surface area contributed by atoms with Gasteiger partial charge in [-0.05, 0) is 50.6 Å². The fraction of sp³-hybridized carbons (Fsp3) is 0.562. The van der Waals surface area contributed by atoms with E-state index in [1.165, 1.54) is 16.4 Å². The van der Waals surface area contributed by atoms with Gasteiger partial charge >= 0.3 is 5.97 Å². The molecule has 1 aliphatic rings. The van der Waals surface area contributed by atoms with Crippen molar-refractivity contribution in [2.75, 3.05) is 27.2 Å². The molecule has 1 N–H and O–H groups in total. The summed E-state index contributed by atoms with van der Waals surface area (Å²) in [5, 5.41) is 9.15. The third-order valence-electron chi connectivity index (χ3n) is 4.47. The van der Waals surface area contributed by atoms with Gasteiger partial charge < -0.3 is 10.0 Å². The number of carboxylic acid groups (broad SMARTS) is 1. The lowest BCUT2D eigenvalue weighted by Crippen LogP contribution is -2.47. The van der Waals surface area contributed by atoms with Gasteiger partial charge in [0.05, 0.1) is 10.5 Å². The van der Waals surface area contributed by atoms with Crippen molar-refractivity contribution in [2.24, 2.45) is 0 Å². The Hall–Kier alpha value is -1.44. The number of aromatic carboxylic acids is 1. The summed E-state index contributed by atoms with van der Waals surface area (Å²) in [6.07, 6.45) is 2.31. The van der Waals surface area contributed by atoms with E-state index in [1.807, 2.05) is 14.0 Å². The average Bonchev–Trinajstić information content (AvgIpc) is 2.53. The molecule has 1 heterocycles. The van der Waals surface area contributed by atoms with Gasteiger partial charge in [0.1, 0.15) is 0 Å². The molecule has 1 atom stereocenters. The zero-order valence-electron chi connectivity index (χ0n) is 13.8. The van der Waals surface area contributed by atoms with Crippen LogP contribution in [0.2, 0.25) is 0 Å². The molecule has 1 fully saturated rings. The molecule has 128 valence electrons. The second-order valence-corrected chi connectivity index (χ2v) is 8.03. The minimum Gasteiger partial charge on any atom is -0.478 e. The van der Waals surface area contributed by atoms with Crippen molar-refractivity contribution in [3.63, 3.8) is 0 Å². The summed E-state index contributed by atoms with van der Waals surface area (Å²) in [5.41, 5.74) is 0.640. The zero-order chi connectivity index (χ0) is 17.2. The van der Waals surface area contributed by atoms with E-state index in [-0.39, 0.29) is 16.5 Å². The number of hydrogen-bond donors (Lipinski definition) is 1. The van der Waals surface area contributed by atoms with E-state index in [1.54, 1.807) is 13.1 Å². The van der Waals surface area contributed by atoms with Gasteiger partial charge in [0.2, 0.25) is 10.0 Å². The third kappa shape index (κ3) is 3.73. The zero-order valence-corrected chi connectivity index (χ0v) is 14.6. The molecule has 0 aliphatic carbocycles. The molecule has 0 bridgehead atoms. The van der Waals surface area contributed by atoms with Gasteiger partial charge in [-0.25, -0.2) is 13.2 Å². The van der Waals surface area contributed by atoms with E-state index in [9.17, 15) is 13.2 Å². The number of rotatable bonds is 5. The summed E-state index contributed by atoms with van der Waals surface area (Å²) in [5.74, 6) is -1.12. The SMILES string of the molecule is CCc1ccc(C(=O)O)cc1S(=O)(=O)N(C)C1CCCN(C)C1. The molecule has 0 spiro atoms. The summed E-state index contributed by atoms with van der Waals surface area (Å²) in [4.78, 5) is 13.4. The lowest BCUT2D eigenvalue weighted by molar-refractivity contribution is 0.0696. The lowest BCUT2D eigenvalue weighted by Gasteiger charge is -2.35. The summed E-state index contributed by atoms with van der Waals surface area (Å²) in [7, 11) is -0.147. The summed E-state index contributed by atoms with van der Waals surface area (Å²) >= 11 is 0. The molecule has 6 nitrogen and oxygen atoms in total. The Labute approximate surface area is 137 Å². The monoisotopic (exact) mass is 340 g/mol. The predicted octanol–water partition coefficient (Wildman–Crippen LogP) is 1.66. The molecule has 0 radical (unpaired) electrons. The largest absolute Gasteiger partial charge is 0.478 e. The van der Waals surface area contributed by atoms with Crippen molar-refractivity contribution < 1.29 is 18.3 Å². The van der Waals surface area contributed by atoms with E-state index >= 15 is 0 Å². The van der Waals surface area contributed by atoms with Crippen LogP contribution < -0.4 is 0 Å². The van der Waals surface area contributed by atoms with E-state index in [0.29, 0.717) is 18.5 Å². The van der Waals surface area contributed by atoms with Crippen LogP contribution in [0.25, 0.3) is 0 Å². The molecule has 1 aliphatic heterocycles. The van der Waals surface area contributed by atoms with Crippen LogP contribution in [-0.4, -0.2) is 61.9 Å². The number of nitrogens with zero attached hydrogens (tertiary/aromatic N) is 2. The van der Waals surface area contributed by atoms with Crippen LogP contribution >= 0.6 is 0 Å². The Bertz CT molecular complexity index is 687. The number of aryl methyl sites for hydroxylation is 1. The number of benzene rings is 1. The normalized spacial score (nSPS) is 19.9. The highest BCUT2D eigenvalue weighted by Crippen LogP contribution is 2.25. The van der Waals surface area contributed by atoms with Crippen LogP contribution in [0.5, 0.6) is 0 Å². The Morgan fingerprint density at radius 1 is 1.43 bits per heavy atom. The van der Waals surface area contributed by atoms with Crippen molar-refractivity contribution in [3.05, 3.63) is 29.3 Å². The van der Waals surface area contributed by atoms with Gasteiger partial charge in [0, 0.05) is 19.6 Å². The second-order valence-electron chi connectivity index (χ2n) is 6.06. The van der Waals surface area contributed by atoms with Gasteiger partial charge in [-0.3, -0.25) is 0 Å². The maximum atomic E-state index is 13.0. The fourth-order valence-corrected chi connectivity index (χ4v) is 4.70. The molecule has 0 aromatic heterocycles. The van der Waals surface area contributed by atoms with E-state index in [2.05, 4.69) is 4.90 Å².